The van der Waals surface area contributed by atoms with Gasteiger partial charge in [-0.25, -0.2) is 0 Å². The summed E-state index contributed by atoms with van der Waals surface area (Å²) in [5.41, 5.74) is 1.77. The quantitative estimate of drug-likeness (QED) is 0.765. The third-order valence-electron chi connectivity index (χ3n) is 2.07. The number of benzene rings is 1. The molecule has 0 radical (unpaired) electrons. The molecule has 2 aromatic rings. The monoisotopic (exact) mass is 237 g/mol. The summed E-state index contributed by atoms with van der Waals surface area (Å²) in [4.78, 5) is 4.11. The van der Waals surface area contributed by atoms with Crippen molar-refractivity contribution in [2.45, 2.75) is 6.92 Å². The van der Waals surface area contributed by atoms with Crippen LogP contribution < -0.4 is 0 Å². The van der Waals surface area contributed by atoms with Gasteiger partial charge in [0, 0.05) is 15.4 Å². The first-order chi connectivity index (χ1) is 6.18. The van der Waals surface area contributed by atoms with Crippen molar-refractivity contribution in [3.8, 4) is 5.75 Å². The first-order valence-corrected chi connectivity index (χ1v) is 4.71. The van der Waals surface area contributed by atoms with Crippen LogP contribution in [0, 0.1) is 6.92 Å². The molecular weight excluding hydrogens is 230 g/mol. The standard InChI is InChI=1S/C10H8BrNO/c1-6-8-4-7(11)2-3-9(8)12-5-10(6)13/h2-5,13H,1H3. The number of hydrogen-bond acceptors (Lipinski definition) is 2. The van der Waals surface area contributed by atoms with Crippen molar-refractivity contribution in [1.82, 2.24) is 4.98 Å². The first kappa shape index (κ1) is 8.51. The molecule has 0 fully saturated rings. The van der Waals surface area contributed by atoms with Crippen LogP contribution >= 0.6 is 15.9 Å². The van der Waals surface area contributed by atoms with Gasteiger partial charge in [-0.3, -0.25) is 4.98 Å². The van der Waals surface area contributed by atoms with Gasteiger partial charge in [0.15, 0.2) is 0 Å². The number of aryl methyl sites for hydroxylation is 1. The molecule has 0 bridgehead atoms. The molecule has 0 saturated heterocycles. The summed E-state index contributed by atoms with van der Waals surface area (Å²) in [6.07, 6.45) is 1.48. The predicted molar refractivity (Wildman–Crippen MR) is 55.8 cm³/mol. The second-order valence-electron chi connectivity index (χ2n) is 2.93. The van der Waals surface area contributed by atoms with Crippen molar-refractivity contribution >= 4 is 26.8 Å². The lowest BCUT2D eigenvalue weighted by Crippen LogP contribution is -1.83. The van der Waals surface area contributed by atoms with Crippen molar-refractivity contribution in [1.29, 1.82) is 0 Å². The van der Waals surface area contributed by atoms with Crippen LogP contribution in [0.1, 0.15) is 5.56 Å². The van der Waals surface area contributed by atoms with Gasteiger partial charge in [0.25, 0.3) is 0 Å². The highest BCUT2D eigenvalue weighted by atomic mass is 79.9. The van der Waals surface area contributed by atoms with Gasteiger partial charge >= 0.3 is 0 Å². The summed E-state index contributed by atoms with van der Waals surface area (Å²) in [5, 5.41) is 10.4. The Hall–Kier alpha value is -1.09. The Morgan fingerprint density at radius 1 is 1.38 bits per heavy atom. The van der Waals surface area contributed by atoms with Gasteiger partial charge in [-0.2, -0.15) is 0 Å². The van der Waals surface area contributed by atoms with E-state index in [-0.39, 0.29) is 5.75 Å². The van der Waals surface area contributed by atoms with E-state index in [1.165, 1.54) is 6.20 Å². The minimum atomic E-state index is 0.241. The highest BCUT2D eigenvalue weighted by molar-refractivity contribution is 9.10. The maximum atomic E-state index is 9.43. The zero-order chi connectivity index (χ0) is 9.42. The van der Waals surface area contributed by atoms with Gasteiger partial charge in [-0.15, -0.1) is 0 Å². The van der Waals surface area contributed by atoms with Crippen molar-refractivity contribution in [3.63, 3.8) is 0 Å². The van der Waals surface area contributed by atoms with Gasteiger partial charge in [0.05, 0.1) is 11.7 Å². The Morgan fingerprint density at radius 2 is 2.15 bits per heavy atom. The van der Waals surface area contributed by atoms with Gasteiger partial charge < -0.3 is 5.11 Å². The number of hydrogen-bond donors (Lipinski definition) is 1. The number of fused-ring (bicyclic) bond motifs is 1. The third-order valence-corrected chi connectivity index (χ3v) is 2.57. The molecule has 1 N–H and O–H groups in total. The minimum absolute atomic E-state index is 0.241. The lowest BCUT2D eigenvalue weighted by molar-refractivity contribution is 0.470. The lowest BCUT2D eigenvalue weighted by atomic mass is 10.1. The normalized spacial score (nSPS) is 10.6. The van der Waals surface area contributed by atoms with Gasteiger partial charge in [-0.1, -0.05) is 15.9 Å². The molecule has 66 valence electrons. The molecule has 3 heteroatoms. The zero-order valence-electron chi connectivity index (χ0n) is 7.08. The van der Waals surface area contributed by atoms with E-state index in [9.17, 15) is 5.11 Å². The van der Waals surface area contributed by atoms with Crippen molar-refractivity contribution in [3.05, 3.63) is 34.4 Å². The molecule has 0 amide bonds. The molecule has 2 rings (SSSR count). The third kappa shape index (κ3) is 1.40. The molecule has 0 aliphatic heterocycles. The molecular formula is C10H8BrNO. The lowest BCUT2D eigenvalue weighted by Gasteiger charge is -2.03. The molecule has 0 unspecified atom stereocenters. The number of rotatable bonds is 0. The smallest absolute Gasteiger partial charge is 0.137 e. The highest BCUT2D eigenvalue weighted by Gasteiger charge is 2.03. The maximum Gasteiger partial charge on any atom is 0.137 e. The van der Waals surface area contributed by atoms with Gasteiger partial charge in [0.2, 0.25) is 0 Å². The molecule has 0 aliphatic carbocycles. The van der Waals surface area contributed by atoms with Crippen LogP contribution in [0.25, 0.3) is 10.9 Å². The Labute approximate surface area is 84.4 Å². The van der Waals surface area contributed by atoms with Crippen LogP contribution in [0.3, 0.4) is 0 Å². The summed E-state index contributed by atoms with van der Waals surface area (Å²) in [6, 6.07) is 5.81. The Kier molecular flexibility index (Phi) is 1.96. The molecule has 2 nitrogen and oxygen atoms in total. The molecule has 1 heterocycles. The van der Waals surface area contributed by atoms with Crippen LogP contribution in [0.15, 0.2) is 28.9 Å². The maximum absolute atomic E-state index is 9.43. The number of halogens is 1. The fraction of sp³-hybridized carbons (Fsp3) is 0.100. The number of aromatic hydroxyl groups is 1. The summed E-state index contributed by atoms with van der Waals surface area (Å²) < 4.78 is 0.996. The molecule has 1 aromatic heterocycles. The minimum Gasteiger partial charge on any atom is -0.506 e. The number of pyridine rings is 1. The summed E-state index contributed by atoms with van der Waals surface area (Å²) in [6.45, 7) is 1.88. The van der Waals surface area contributed by atoms with Gasteiger partial charge in [-0.05, 0) is 25.1 Å². The summed E-state index contributed by atoms with van der Waals surface area (Å²) >= 11 is 3.38. The highest BCUT2D eigenvalue weighted by Crippen LogP contribution is 2.26. The average Bonchev–Trinajstić information content (AvgIpc) is 2.12. The number of aromatic nitrogens is 1. The van der Waals surface area contributed by atoms with Crippen molar-refractivity contribution in [2.75, 3.05) is 0 Å². The Balaban J connectivity index is 2.89. The largest absolute Gasteiger partial charge is 0.506 e. The first-order valence-electron chi connectivity index (χ1n) is 3.92. The van der Waals surface area contributed by atoms with Crippen LogP contribution in [-0.2, 0) is 0 Å². The van der Waals surface area contributed by atoms with Crippen molar-refractivity contribution in [2.24, 2.45) is 0 Å². The van der Waals surface area contributed by atoms with E-state index in [1.54, 1.807) is 0 Å². The zero-order valence-corrected chi connectivity index (χ0v) is 8.67. The van der Waals surface area contributed by atoms with Crippen LogP contribution in [0.4, 0.5) is 0 Å². The summed E-state index contributed by atoms with van der Waals surface area (Å²) in [5.74, 6) is 0.241. The van der Waals surface area contributed by atoms with E-state index < -0.39 is 0 Å². The van der Waals surface area contributed by atoms with E-state index in [2.05, 4.69) is 20.9 Å². The molecule has 0 spiro atoms. The predicted octanol–water partition coefficient (Wildman–Crippen LogP) is 3.01. The Bertz CT molecular complexity index is 462. The molecule has 1 aromatic carbocycles. The fourth-order valence-corrected chi connectivity index (χ4v) is 1.65. The van der Waals surface area contributed by atoms with E-state index in [1.807, 2.05) is 25.1 Å². The summed E-state index contributed by atoms with van der Waals surface area (Å²) in [7, 11) is 0. The molecule has 0 aliphatic rings. The molecule has 0 atom stereocenters. The second-order valence-corrected chi connectivity index (χ2v) is 3.85. The molecule has 0 saturated carbocycles. The average molecular weight is 238 g/mol. The van der Waals surface area contributed by atoms with E-state index in [4.69, 9.17) is 0 Å². The van der Waals surface area contributed by atoms with Gasteiger partial charge in [0.1, 0.15) is 5.75 Å². The number of nitrogens with zero attached hydrogens (tertiary/aromatic N) is 1. The van der Waals surface area contributed by atoms with Crippen LogP contribution in [0.5, 0.6) is 5.75 Å². The SMILES string of the molecule is Cc1c(O)cnc2ccc(Br)cc12. The fourth-order valence-electron chi connectivity index (χ4n) is 1.29. The second kappa shape index (κ2) is 3.00. The van der Waals surface area contributed by atoms with Crippen LogP contribution in [-0.4, -0.2) is 10.1 Å². The van der Waals surface area contributed by atoms with E-state index in [0.717, 1.165) is 20.9 Å². The van der Waals surface area contributed by atoms with E-state index in [0.29, 0.717) is 0 Å². The Morgan fingerprint density at radius 3 is 2.92 bits per heavy atom. The van der Waals surface area contributed by atoms with Crippen molar-refractivity contribution < 1.29 is 5.11 Å². The van der Waals surface area contributed by atoms with Crippen LogP contribution in [0.2, 0.25) is 0 Å². The topological polar surface area (TPSA) is 33.1 Å². The molecule has 13 heavy (non-hydrogen) atoms. The van der Waals surface area contributed by atoms with E-state index >= 15 is 0 Å².